The van der Waals surface area contributed by atoms with Gasteiger partial charge in [0.15, 0.2) is 12.4 Å². The number of sulfonamides is 1. The van der Waals surface area contributed by atoms with Gasteiger partial charge in [0.05, 0.1) is 12.0 Å². The molecule has 0 saturated carbocycles. The van der Waals surface area contributed by atoms with E-state index in [9.17, 15) is 18.0 Å². The van der Waals surface area contributed by atoms with Crippen molar-refractivity contribution in [3.63, 3.8) is 0 Å². The van der Waals surface area contributed by atoms with Gasteiger partial charge in [-0.25, -0.2) is 13.2 Å². The second-order valence-corrected chi connectivity index (χ2v) is 10.6. The van der Waals surface area contributed by atoms with E-state index < -0.39 is 28.5 Å². The number of hydrogen-bond acceptors (Lipinski definition) is 6. The Balaban J connectivity index is 1.42. The Morgan fingerprint density at radius 2 is 1.28 bits per heavy atom. The average Bonchev–Trinajstić information content (AvgIpc) is 2.97. The third kappa shape index (κ3) is 7.53. The van der Waals surface area contributed by atoms with Gasteiger partial charge in [0.1, 0.15) is 5.75 Å². The number of carbonyl (C=O) groups is 2. The average molecular weight is 545 g/mol. The summed E-state index contributed by atoms with van der Waals surface area (Å²) in [6.45, 7) is -0.117. The van der Waals surface area contributed by atoms with Crippen molar-refractivity contribution >= 4 is 27.6 Å². The number of Topliss-reactive ketones (excluding diaryl/α,β-unsaturated/α-hetero) is 1. The Kier molecular flexibility index (Phi) is 9.09. The fourth-order valence-corrected chi connectivity index (χ4v) is 5.22. The summed E-state index contributed by atoms with van der Waals surface area (Å²) in [5.74, 6) is 0.173. The number of rotatable bonds is 11. The number of hydrogen-bond donors (Lipinski definition) is 1. The highest BCUT2D eigenvalue weighted by Crippen LogP contribution is 2.22. The summed E-state index contributed by atoms with van der Waals surface area (Å²) in [5.41, 5.74) is 2.42. The Morgan fingerprint density at radius 1 is 0.744 bits per heavy atom. The minimum Gasteiger partial charge on any atom is -0.497 e. The van der Waals surface area contributed by atoms with Crippen LogP contribution in [0.1, 0.15) is 21.5 Å². The van der Waals surface area contributed by atoms with Crippen LogP contribution in [0.5, 0.6) is 5.75 Å². The molecule has 8 nitrogen and oxygen atoms in total. The van der Waals surface area contributed by atoms with Crippen LogP contribution in [0.25, 0.3) is 0 Å². The zero-order chi connectivity index (χ0) is 27.7. The molecule has 0 fully saturated rings. The fraction of sp³-hybridized carbons (Fsp3) is 0.133. The standard InChI is InChI=1S/C30H28N2O6S/c1-37-27-16-14-26(15-17-27)31-30(34)38-22-29(33)25-12-18-28(19-13-25)39(35,36)32(20-23-8-4-2-5-9-23)21-24-10-6-3-7-11-24/h2-19H,20-22H2,1H3,(H,31,34). The molecule has 39 heavy (non-hydrogen) atoms. The number of nitrogens with one attached hydrogen (secondary N) is 1. The lowest BCUT2D eigenvalue weighted by Gasteiger charge is -2.23. The molecule has 0 spiro atoms. The third-order valence-electron chi connectivity index (χ3n) is 5.89. The summed E-state index contributed by atoms with van der Waals surface area (Å²) >= 11 is 0. The highest BCUT2D eigenvalue weighted by atomic mass is 32.2. The zero-order valence-corrected chi connectivity index (χ0v) is 22.1. The summed E-state index contributed by atoms with van der Waals surface area (Å²) in [5, 5.41) is 2.53. The van der Waals surface area contributed by atoms with Crippen LogP contribution >= 0.6 is 0 Å². The Bertz CT molecular complexity index is 1450. The molecule has 1 N–H and O–H groups in total. The molecule has 0 unspecified atom stereocenters. The molecule has 4 rings (SSSR count). The minimum atomic E-state index is -3.89. The number of benzene rings is 4. The number of ketones is 1. The molecule has 4 aromatic carbocycles. The van der Waals surface area contributed by atoms with Gasteiger partial charge < -0.3 is 9.47 Å². The van der Waals surface area contributed by atoms with E-state index in [0.717, 1.165) is 11.1 Å². The van der Waals surface area contributed by atoms with Crippen LogP contribution in [0.4, 0.5) is 10.5 Å². The molecule has 0 heterocycles. The molecular formula is C30H28N2O6S. The molecule has 0 aromatic heterocycles. The van der Waals surface area contributed by atoms with Crippen molar-refractivity contribution in [1.82, 2.24) is 4.31 Å². The lowest BCUT2D eigenvalue weighted by atomic mass is 10.1. The fourth-order valence-electron chi connectivity index (χ4n) is 3.80. The molecule has 1 amide bonds. The van der Waals surface area contributed by atoms with E-state index >= 15 is 0 Å². The number of ether oxygens (including phenoxy) is 2. The highest BCUT2D eigenvalue weighted by molar-refractivity contribution is 7.89. The van der Waals surface area contributed by atoms with Gasteiger partial charge in [-0.05, 0) is 59.7 Å². The molecule has 9 heteroatoms. The normalized spacial score (nSPS) is 11.1. The van der Waals surface area contributed by atoms with Gasteiger partial charge in [0.2, 0.25) is 10.0 Å². The van der Waals surface area contributed by atoms with Crippen LogP contribution in [0.3, 0.4) is 0 Å². The van der Waals surface area contributed by atoms with Crippen molar-refractivity contribution in [2.75, 3.05) is 19.0 Å². The minimum absolute atomic E-state index is 0.0593. The van der Waals surface area contributed by atoms with Crippen molar-refractivity contribution in [3.05, 3.63) is 126 Å². The van der Waals surface area contributed by atoms with Crippen molar-refractivity contribution in [2.24, 2.45) is 0 Å². The summed E-state index contributed by atoms with van der Waals surface area (Å²) in [7, 11) is -2.35. The number of nitrogens with zero attached hydrogens (tertiary/aromatic N) is 1. The summed E-state index contributed by atoms with van der Waals surface area (Å²) in [6.07, 6.45) is -0.787. The van der Waals surface area contributed by atoms with E-state index in [1.54, 1.807) is 24.3 Å². The van der Waals surface area contributed by atoms with E-state index in [4.69, 9.17) is 9.47 Å². The van der Waals surface area contributed by atoms with E-state index in [0.29, 0.717) is 11.4 Å². The number of amides is 1. The van der Waals surface area contributed by atoms with Crippen LogP contribution in [-0.4, -0.2) is 38.3 Å². The summed E-state index contributed by atoms with van der Waals surface area (Å²) in [4.78, 5) is 24.7. The van der Waals surface area contributed by atoms with E-state index in [1.807, 2.05) is 60.7 Å². The lowest BCUT2D eigenvalue weighted by molar-refractivity contribution is 0.0863. The summed E-state index contributed by atoms with van der Waals surface area (Å²) in [6, 6.07) is 31.0. The quantitative estimate of drug-likeness (QED) is 0.250. The van der Waals surface area contributed by atoms with Crippen molar-refractivity contribution in [2.45, 2.75) is 18.0 Å². The first-order valence-electron chi connectivity index (χ1n) is 12.1. The third-order valence-corrected chi connectivity index (χ3v) is 7.69. The van der Waals surface area contributed by atoms with Gasteiger partial charge in [-0.15, -0.1) is 0 Å². The highest BCUT2D eigenvalue weighted by Gasteiger charge is 2.25. The smallest absolute Gasteiger partial charge is 0.412 e. The largest absolute Gasteiger partial charge is 0.497 e. The molecule has 0 atom stereocenters. The van der Waals surface area contributed by atoms with Crippen LogP contribution < -0.4 is 10.1 Å². The van der Waals surface area contributed by atoms with Crippen LogP contribution in [-0.2, 0) is 27.8 Å². The topological polar surface area (TPSA) is 102 Å². The van der Waals surface area contributed by atoms with Crippen LogP contribution in [0.15, 0.2) is 114 Å². The molecule has 0 bridgehead atoms. The maximum atomic E-state index is 13.6. The van der Waals surface area contributed by atoms with Crippen molar-refractivity contribution in [1.29, 1.82) is 0 Å². The van der Waals surface area contributed by atoms with Crippen molar-refractivity contribution in [3.8, 4) is 5.75 Å². The summed E-state index contributed by atoms with van der Waals surface area (Å²) < 4.78 is 38.7. The molecule has 0 radical (unpaired) electrons. The monoisotopic (exact) mass is 544 g/mol. The van der Waals surface area contributed by atoms with Crippen molar-refractivity contribution < 1.29 is 27.5 Å². The number of anilines is 1. The van der Waals surface area contributed by atoms with Gasteiger partial charge in [-0.2, -0.15) is 4.31 Å². The Labute approximate surface area is 227 Å². The van der Waals surface area contributed by atoms with Crippen LogP contribution in [0, 0.1) is 0 Å². The van der Waals surface area contributed by atoms with Crippen LogP contribution in [0.2, 0.25) is 0 Å². The van der Waals surface area contributed by atoms with Gasteiger partial charge in [0, 0.05) is 24.3 Å². The maximum Gasteiger partial charge on any atom is 0.412 e. The first-order valence-corrected chi connectivity index (χ1v) is 13.6. The zero-order valence-electron chi connectivity index (χ0n) is 21.3. The molecule has 0 aliphatic rings. The SMILES string of the molecule is COc1ccc(NC(=O)OCC(=O)c2ccc(S(=O)(=O)N(Cc3ccccc3)Cc3ccccc3)cc2)cc1. The molecule has 0 aliphatic carbocycles. The number of carbonyl (C=O) groups excluding carboxylic acids is 2. The molecule has 0 saturated heterocycles. The second-order valence-electron chi connectivity index (χ2n) is 8.62. The van der Waals surface area contributed by atoms with Gasteiger partial charge >= 0.3 is 6.09 Å². The predicted octanol–water partition coefficient (Wildman–Crippen LogP) is 5.52. The second kappa shape index (κ2) is 12.9. The van der Waals surface area contributed by atoms with Gasteiger partial charge in [-0.1, -0.05) is 60.7 Å². The maximum absolute atomic E-state index is 13.6. The van der Waals surface area contributed by atoms with E-state index in [1.165, 1.54) is 35.7 Å². The molecular weight excluding hydrogens is 516 g/mol. The van der Waals surface area contributed by atoms with E-state index in [2.05, 4.69) is 5.32 Å². The number of methoxy groups -OCH3 is 1. The Morgan fingerprint density at radius 3 is 1.79 bits per heavy atom. The lowest BCUT2D eigenvalue weighted by Crippen LogP contribution is -2.30. The molecule has 0 aliphatic heterocycles. The molecule has 4 aromatic rings. The first-order chi connectivity index (χ1) is 18.8. The van der Waals surface area contributed by atoms with Gasteiger partial charge in [0.25, 0.3) is 0 Å². The van der Waals surface area contributed by atoms with E-state index in [-0.39, 0.29) is 23.5 Å². The molecule has 200 valence electrons. The first kappa shape index (κ1) is 27.6. The Hall–Kier alpha value is -4.47. The predicted molar refractivity (Wildman–Crippen MR) is 148 cm³/mol. The van der Waals surface area contributed by atoms with Gasteiger partial charge in [-0.3, -0.25) is 10.1 Å².